The maximum absolute atomic E-state index is 13.4. The number of aromatic carboxylic acids is 1. The second kappa shape index (κ2) is 8.97. The van der Waals surface area contributed by atoms with Crippen LogP contribution in [0.1, 0.15) is 42.7 Å². The number of fused-ring (bicyclic) bond motifs is 4. The molecule has 0 aliphatic carbocycles. The van der Waals surface area contributed by atoms with Gasteiger partial charge in [-0.2, -0.15) is 0 Å². The van der Waals surface area contributed by atoms with Gasteiger partial charge in [0, 0.05) is 13.1 Å². The lowest BCUT2D eigenvalue weighted by molar-refractivity contribution is -0.141. The highest BCUT2D eigenvalue weighted by Gasteiger charge is 2.40. The summed E-state index contributed by atoms with van der Waals surface area (Å²) >= 11 is 0. The van der Waals surface area contributed by atoms with E-state index in [1.165, 1.54) is 6.20 Å². The first-order chi connectivity index (χ1) is 16.7. The van der Waals surface area contributed by atoms with Gasteiger partial charge in [0.1, 0.15) is 24.3 Å². The van der Waals surface area contributed by atoms with Crippen molar-refractivity contribution in [1.29, 1.82) is 0 Å². The van der Waals surface area contributed by atoms with Crippen molar-refractivity contribution in [3.63, 3.8) is 0 Å². The van der Waals surface area contributed by atoms with E-state index in [-0.39, 0.29) is 17.8 Å². The number of nitrogens with zero attached hydrogens (tertiary/aromatic N) is 4. The van der Waals surface area contributed by atoms with Crippen LogP contribution < -0.4 is 19.9 Å². The molecule has 11 nitrogen and oxygen atoms in total. The number of amides is 2. The Morgan fingerprint density at radius 2 is 2.17 bits per heavy atom. The predicted molar refractivity (Wildman–Crippen MR) is 127 cm³/mol. The molecule has 186 valence electrons. The molecule has 3 aliphatic heterocycles. The Morgan fingerprint density at radius 1 is 1.34 bits per heavy atom. The first-order valence-electron chi connectivity index (χ1n) is 11.7. The minimum absolute atomic E-state index is 0.0834. The van der Waals surface area contributed by atoms with Gasteiger partial charge in [-0.1, -0.05) is 0 Å². The Hall–Kier alpha value is -3.44. The van der Waals surface area contributed by atoms with Crippen LogP contribution in [0.5, 0.6) is 5.75 Å². The SMILES string of the molecule is Cc1cc(C(=O)O)nc2c1N1CCC[C@@H](C1)N2C(=O)Nc1ccc(OC[C@@H]2COC(C)(C)O2)cn1. The number of carbonyl (C=O) groups excluding carboxylic acids is 1. The highest BCUT2D eigenvalue weighted by Crippen LogP contribution is 2.40. The van der Waals surface area contributed by atoms with E-state index in [0.717, 1.165) is 30.6 Å². The Kier molecular flexibility index (Phi) is 5.97. The fraction of sp³-hybridized carbons (Fsp3) is 0.500. The summed E-state index contributed by atoms with van der Waals surface area (Å²) in [5, 5.41) is 12.3. The summed E-state index contributed by atoms with van der Waals surface area (Å²) < 4.78 is 17.0. The lowest BCUT2D eigenvalue weighted by atomic mass is 9.98. The molecule has 2 aromatic rings. The standard InChI is InChI=1S/C24H29N5O6/c1-14-9-18(22(30)31)26-21-20(14)28-8-4-5-15(11-28)29(21)23(32)27-19-7-6-16(10-25-19)33-12-17-13-34-24(2,3)35-17/h6-7,9-10,15,17H,4-5,8,11-13H2,1-3H3,(H,30,31)(H,25,27,32)/t15-,17+/m0/s1. The van der Waals surface area contributed by atoms with Crippen molar-refractivity contribution in [1.82, 2.24) is 9.97 Å². The molecule has 3 aliphatic rings. The third-order valence-corrected chi connectivity index (χ3v) is 6.38. The summed E-state index contributed by atoms with van der Waals surface area (Å²) in [6, 6.07) is 4.44. The zero-order valence-electron chi connectivity index (χ0n) is 20.0. The van der Waals surface area contributed by atoms with Crippen LogP contribution in [-0.4, -0.2) is 71.3 Å². The van der Waals surface area contributed by atoms with E-state index >= 15 is 0 Å². The number of aryl methyl sites for hydroxylation is 1. The maximum Gasteiger partial charge on any atom is 0.354 e. The summed E-state index contributed by atoms with van der Waals surface area (Å²) in [5.41, 5.74) is 1.50. The molecule has 2 amide bonds. The smallest absolute Gasteiger partial charge is 0.354 e. The van der Waals surface area contributed by atoms with Crippen LogP contribution in [0.2, 0.25) is 0 Å². The zero-order chi connectivity index (χ0) is 24.7. The number of pyridine rings is 2. The van der Waals surface area contributed by atoms with Gasteiger partial charge in [-0.05, 0) is 57.4 Å². The highest BCUT2D eigenvalue weighted by atomic mass is 16.7. The molecule has 2 atom stereocenters. The average molecular weight is 484 g/mol. The molecule has 5 heterocycles. The minimum atomic E-state index is -1.13. The molecule has 0 unspecified atom stereocenters. The number of carboxylic acids is 1. The molecule has 0 aromatic carbocycles. The summed E-state index contributed by atoms with van der Waals surface area (Å²) in [5.74, 6) is -0.461. The second-order valence-electron chi connectivity index (χ2n) is 9.48. The van der Waals surface area contributed by atoms with Crippen molar-refractivity contribution in [2.75, 3.05) is 41.4 Å². The number of nitrogens with one attached hydrogen (secondary N) is 1. The van der Waals surface area contributed by atoms with Crippen molar-refractivity contribution in [3.05, 3.63) is 35.7 Å². The van der Waals surface area contributed by atoms with Crippen LogP contribution in [0.3, 0.4) is 0 Å². The average Bonchev–Trinajstić information content (AvgIpc) is 3.17. The van der Waals surface area contributed by atoms with Gasteiger partial charge in [-0.25, -0.2) is 19.6 Å². The van der Waals surface area contributed by atoms with Crippen LogP contribution in [0, 0.1) is 6.92 Å². The summed E-state index contributed by atoms with van der Waals surface area (Å²) in [7, 11) is 0. The van der Waals surface area contributed by atoms with Crippen molar-refractivity contribution in [2.24, 2.45) is 0 Å². The summed E-state index contributed by atoms with van der Waals surface area (Å²) in [6.45, 7) is 7.89. The molecule has 0 saturated carbocycles. The number of urea groups is 1. The zero-order valence-corrected chi connectivity index (χ0v) is 20.0. The number of carbonyl (C=O) groups is 2. The Balaban J connectivity index is 1.31. The summed E-state index contributed by atoms with van der Waals surface area (Å²) in [6.07, 6.45) is 3.12. The molecular weight excluding hydrogens is 454 g/mol. The van der Waals surface area contributed by atoms with Crippen LogP contribution in [0.25, 0.3) is 0 Å². The molecule has 0 spiro atoms. The third-order valence-electron chi connectivity index (χ3n) is 6.38. The second-order valence-corrected chi connectivity index (χ2v) is 9.48. The van der Waals surface area contributed by atoms with Crippen LogP contribution in [0.4, 0.5) is 22.1 Å². The lowest BCUT2D eigenvalue weighted by Gasteiger charge is -2.46. The largest absolute Gasteiger partial charge is 0.489 e. The molecule has 2 aromatic heterocycles. The normalized spacial score (nSPS) is 22.5. The van der Waals surface area contributed by atoms with Gasteiger partial charge in [-0.3, -0.25) is 10.2 Å². The van der Waals surface area contributed by atoms with Gasteiger partial charge in [0.05, 0.1) is 24.5 Å². The lowest BCUT2D eigenvalue weighted by Crippen LogP contribution is -2.56. The fourth-order valence-corrected chi connectivity index (χ4v) is 4.86. The Labute approximate surface area is 203 Å². The number of anilines is 3. The van der Waals surface area contributed by atoms with Gasteiger partial charge in [0.15, 0.2) is 17.3 Å². The van der Waals surface area contributed by atoms with E-state index in [0.29, 0.717) is 37.1 Å². The van der Waals surface area contributed by atoms with Crippen molar-refractivity contribution in [2.45, 2.75) is 51.5 Å². The number of hydrogen-bond donors (Lipinski definition) is 2. The number of rotatable bonds is 5. The van der Waals surface area contributed by atoms with E-state index in [9.17, 15) is 14.7 Å². The molecule has 2 N–H and O–H groups in total. The van der Waals surface area contributed by atoms with E-state index in [2.05, 4.69) is 20.2 Å². The summed E-state index contributed by atoms with van der Waals surface area (Å²) in [4.78, 5) is 37.4. The first kappa shape index (κ1) is 23.3. The van der Waals surface area contributed by atoms with E-state index in [1.54, 1.807) is 23.1 Å². The molecule has 2 bridgehead atoms. The Bertz CT molecular complexity index is 1140. The van der Waals surface area contributed by atoms with E-state index in [4.69, 9.17) is 14.2 Å². The number of ether oxygens (including phenoxy) is 3. The Morgan fingerprint density at radius 3 is 2.86 bits per heavy atom. The number of piperidine rings is 1. The van der Waals surface area contributed by atoms with Gasteiger partial charge in [0.2, 0.25) is 0 Å². The molecule has 0 radical (unpaired) electrons. The molecule has 35 heavy (non-hydrogen) atoms. The molecule has 5 rings (SSSR count). The molecule has 2 saturated heterocycles. The van der Waals surface area contributed by atoms with Crippen LogP contribution in [0.15, 0.2) is 24.4 Å². The topological polar surface area (TPSA) is 126 Å². The van der Waals surface area contributed by atoms with Gasteiger partial charge in [0.25, 0.3) is 0 Å². The minimum Gasteiger partial charge on any atom is -0.489 e. The van der Waals surface area contributed by atoms with Crippen LogP contribution >= 0.6 is 0 Å². The molecule has 2 fully saturated rings. The number of aromatic nitrogens is 2. The molecule has 11 heteroatoms. The van der Waals surface area contributed by atoms with E-state index in [1.807, 2.05) is 20.8 Å². The quantitative estimate of drug-likeness (QED) is 0.660. The number of hydrogen-bond acceptors (Lipinski definition) is 8. The van der Waals surface area contributed by atoms with Crippen molar-refractivity contribution in [3.8, 4) is 5.75 Å². The first-order valence-corrected chi connectivity index (χ1v) is 11.7. The van der Waals surface area contributed by atoms with E-state index < -0.39 is 17.8 Å². The fourth-order valence-electron chi connectivity index (χ4n) is 4.86. The molecular formula is C24H29N5O6. The van der Waals surface area contributed by atoms with Gasteiger partial charge in [-0.15, -0.1) is 0 Å². The van der Waals surface area contributed by atoms with Gasteiger partial charge < -0.3 is 24.2 Å². The predicted octanol–water partition coefficient (Wildman–Crippen LogP) is 3.03. The monoisotopic (exact) mass is 483 g/mol. The number of carboxylic acid groups (broad SMARTS) is 1. The third kappa shape index (κ3) is 4.73. The van der Waals surface area contributed by atoms with Crippen molar-refractivity contribution < 1.29 is 28.9 Å². The highest BCUT2D eigenvalue weighted by molar-refractivity contribution is 6.04. The van der Waals surface area contributed by atoms with Crippen LogP contribution in [-0.2, 0) is 9.47 Å². The van der Waals surface area contributed by atoms with Gasteiger partial charge >= 0.3 is 12.0 Å². The van der Waals surface area contributed by atoms with Crippen molar-refractivity contribution >= 4 is 29.3 Å². The maximum atomic E-state index is 13.4.